The third-order valence-corrected chi connectivity index (χ3v) is 16.7. The number of hydrogen-bond donors (Lipinski definition) is 0. The lowest BCUT2D eigenvalue weighted by Gasteiger charge is -2.04. The third kappa shape index (κ3) is 52.9. The predicted octanol–water partition coefficient (Wildman–Crippen LogP) is 20.8. The maximum absolute atomic E-state index is 2.31. The van der Waals surface area contributed by atoms with Crippen molar-refractivity contribution in [3.8, 4) is 0 Å². The summed E-state index contributed by atoms with van der Waals surface area (Å²) in [5.41, 5.74) is 0. The topological polar surface area (TPSA) is 0 Å². The van der Waals surface area contributed by atoms with E-state index in [1.807, 2.05) is 0 Å². The molecule has 2 heteroatoms. The zero-order valence-electron chi connectivity index (χ0n) is 38.4. The summed E-state index contributed by atoms with van der Waals surface area (Å²) in [5.74, 6) is 0. The fourth-order valence-corrected chi connectivity index (χ4v) is 12.4. The minimum absolute atomic E-state index is 0.787. The van der Waals surface area contributed by atoms with Crippen molar-refractivity contribution in [3.05, 3.63) is 0 Å². The van der Waals surface area contributed by atoms with Crippen LogP contribution in [0.25, 0.3) is 0 Å². The smallest absolute Gasteiger partial charge is 0.0569 e. The Morgan fingerprint density at radius 1 is 0.204 bits per heavy atom. The van der Waals surface area contributed by atoms with Crippen LogP contribution in [-0.4, -0.2) is 12.3 Å². The van der Waals surface area contributed by atoms with E-state index in [1.54, 1.807) is 18.7 Å². The SMILES string of the molecule is CCCCCCCCCCCCCCCCCCCCCCCCCCP[PH2+]CCCCCCCCCCCCCCCCCCCCCCCCCC. The van der Waals surface area contributed by atoms with Gasteiger partial charge in [0, 0.05) is 16.5 Å². The maximum atomic E-state index is 2.31. The minimum atomic E-state index is 0.787. The number of unbranched alkanes of at least 4 members (excludes halogenated alkanes) is 46. The summed E-state index contributed by atoms with van der Waals surface area (Å²) in [7, 11) is 2.12. The van der Waals surface area contributed by atoms with Crippen molar-refractivity contribution in [1.82, 2.24) is 0 Å². The van der Waals surface area contributed by atoms with Gasteiger partial charge in [-0.05, 0) is 25.4 Å². The molecule has 0 nitrogen and oxygen atoms in total. The molecule has 0 radical (unpaired) electrons. The normalized spacial score (nSPS) is 12.1. The summed E-state index contributed by atoms with van der Waals surface area (Å²) in [5, 5.41) is 0. The quantitative estimate of drug-likeness (QED) is 0.0425. The molecule has 0 amide bonds. The molecule has 0 saturated carbocycles. The Hall–Kier alpha value is 0.860. The van der Waals surface area contributed by atoms with Gasteiger partial charge >= 0.3 is 0 Å². The van der Waals surface area contributed by atoms with Crippen molar-refractivity contribution in [3.63, 3.8) is 0 Å². The Morgan fingerprint density at radius 2 is 0.370 bits per heavy atom. The summed E-state index contributed by atoms with van der Waals surface area (Å²) in [4.78, 5) is 0. The van der Waals surface area contributed by atoms with Crippen LogP contribution >= 0.6 is 16.5 Å². The van der Waals surface area contributed by atoms with Crippen molar-refractivity contribution in [2.24, 2.45) is 0 Å². The Bertz CT molecular complexity index is 553. The van der Waals surface area contributed by atoms with Crippen LogP contribution in [0.2, 0.25) is 0 Å². The fraction of sp³-hybridized carbons (Fsp3) is 1.00. The van der Waals surface area contributed by atoms with Crippen molar-refractivity contribution in [1.29, 1.82) is 0 Å². The molecule has 54 heavy (non-hydrogen) atoms. The summed E-state index contributed by atoms with van der Waals surface area (Å²) >= 11 is 0. The number of hydrogen-bond acceptors (Lipinski definition) is 0. The van der Waals surface area contributed by atoms with Crippen LogP contribution < -0.4 is 0 Å². The van der Waals surface area contributed by atoms with Gasteiger partial charge in [-0.2, -0.15) is 0 Å². The largest absolute Gasteiger partial charge is 0.0654 e. The molecular formula is C52H109P2+. The zero-order valence-corrected chi connectivity index (χ0v) is 40.6. The van der Waals surface area contributed by atoms with Crippen molar-refractivity contribution < 1.29 is 0 Å². The summed E-state index contributed by atoms with van der Waals surface area (Å²) in [6, 6.07) is 0. The molecule has 2 unspecified atom stereocenters. The summed E-state index contributed by atoms with van der Waals surface area (Å²) < 4.78 is 0. The molecule has 0 heterocycles. The van der Waals surface area contributed by atoms with Crippen LogP contribution in [0.4, 0.5) is 0 Å². The highest BCUT2D eigenvalue weighted by atomic mass is 32.0. The van der Waals surface area contributed by atoms with E-state index in [2.05, 4.69) is 13.8 Å². The highest BCUT2D eigenvalue weighted by molar-refractivity contribution is 8.11. The first-order valence-corrected chi connectivity index (χ1v) is 30.3. The average Bonchev–Trinajstić information content (AvgIpc) is 3.18. The molecule has 2 atom stereocenters. The monoisotopic (exact) mass is 796 g/mol. The van der Waals surface area contributed by atoms with E-state index in [1.165, 1.54) is 310 Å². The Labute approximate surface area is 349 Å². The minimum Gasteiger partial charge on any atom is -0.0654 e. The van der Waals surface area contributed by atoms with Gasteiger partial charge in [0.2, 0.25) is 0 Å². The predicted molar refractivity (Wildman–Crippen MR) is 261 cm³/mol. The van der Waals surface area contributed by atoms with E-state index in [-0.39, 0.29) is 0 Å². The lowest BCUT2D eigenvalue weighted by Crippen LogP contribution is -1.85. The van der Waals surface area contributed by atoms with Gasteiger partial charge in [0.05, 0.1) is 6.16 Å². The molecule has 0 bridgehead atoms. The van der Waals surface area contributed by atoms with Gasteiger partial charge in [-0.25, -0.2) is 0 Å². The molecule has 0 aliphatic heterocycles. The highest BCUT2D eigenvalue weighted by Gasteiger charge is 2.00. The molecule has 0 fully saturated rings. The first-order chi connectivity index (χ1) is 26.9. The van der Waals surface area contributed by atoms with Crippen LogP contribution in [-0.2, 0) is 0 Å². The van der Waals surface area contributed by atoms with Crippen LogP contribution in [0, 0.1) is 0 Å². The Balaban J connectivity index is 3.05. The highest BCUT2D eigenvalue weighted by Crippen LogP contribution is 2.38. The molecule has 0 rings (SSSR count). The van der Waals surface area contributed by atoms with E-state index in [0.717, 1.165) is 8.27 Å². The molecule has 0 aromatic heterocycles. The molecule has 0 aromatic carbocycles. The van der Waals surface area contributed by atoms with Gasteiger partial charge in [0.25, 0.3) is 0 Å². The number of rotatable bonds is 51. The molecular weight excluding hydrogens is 687 g/mol. The van der Waals surface area contributed by atoms with Crippen molar-refractivity contribution >= 4 is 16.5 Å². The van der Waals surface area contributed by atoms with Gasteiger partial charge in [-0.1, -0.05) is 303 Å². The molecule has 0 aliphatic carbocycles. The average molecular weight is 796 g/mol. The van der Waals surface area contributed by atoms with Crippen molar-refractivity contribution in [2.75, 3.05) is 12.3 Å². The molecule has 0 aliphatic rings. The maximum Gasteiger partial charge on any atom is 0.0569 e. The molecule has 0 aromatic rings. The molecule has 326 valence electrons. The van der Waals surface area contributed by atoms with E-state index in [4.69, 9.17) is 0 Å². The van der Waals surface area contributed by atoms with Gasteiger partial charge in [0.1, 0.15) is 0 Å². The first kappa shape index (κ1) is 54.9. The van der Waals surface area contributed by atoms with Crippen LogP contribution in [0.1, 0.15) is 322 Å². The second-order valence-electron chi connectivity index (χ2n) is 18.2. The Morgan fingerprint density at radius 3 is 0.574 bits per heavy atom. The zero-order chi connectivity index (χ0) is 38.8. The van der Waals surface area contributed by atoms with E-state index >= 15 is 0 Å². The van der Waals surface area contributed by atoms with E-state index in [0.29, 0.717) is 0 Å². The van der Waals surface area contributed by atoms with Crippen LogP contribution in [0.5, 0.6) is 0 Å². The van der Waals surface area contributed by atoms with Gasteiger partial charge in [0.15, 0.2) is 0 Å². The fourth-order valence-electron chi connectivity index (χ4n) is 8.60. The van der Waals surface area contributed by atoms with Crippen LogP contribution in [0.3, 0.4) is 0 Å². The van der Waals surface area contributed by atoms with Crippen LogP contribution in [0.15, 0.2) is 0 Å². The molecule has 0 saturated heterocycles. The lowest BCUT2D eigenvalue weighted by molar-refractivity contribution is 0.518. The van der Waals surface area contributed by atoms with Gasteiger partial charge < -0.3 is 0 Å². The van der Waals surface area contributed by atoms with Gasteiger partial charge in [-0.3, -0.25) is 0 Å². The summed E-state index contributed by atoms with van der Waals surface area (Å²) in [6.07, 6.45) is 74.8. The third-order valence-electron chi connectivity index (χ3n) is 12.5. The second kappa shape index (κ2) is 53.9. The van der Waals surface area contributed by atoms with Crippen molar-refractivity contribution in [2.45, 2.75) is 322 Å². The standard InChI is InChI=1S/C52H108P2/c1-3-5-7-9-11-13-15-17-19-21-23-25-27-29-31-33-35-37-39-41-43-45-47-49-51-53-54-52-50-48-46-44-42-40-38-36-34-32-30-28-26-24-22-20-18-16-14-12-10-8-6-4-2/h53-54H,3-52H2,1-2H3/p+1. The summed E-state index contributed by atoms with van der Waals surface area (Å²) in [6.45, 7) is 4.63. The van der Waals surface area contributed by atoms with E-state index in [9.17, 15) is 0 Å². The molecule has 0 spiro atoms. The molecule has 0 N–H and O–H groups in total. The van der Waals surface area contributed by atoms with Gasteiger partial charge in [-0.15, -0.1) is 0 Å². The Kier molecular flexibility index (Phi) is 54.7. The first-order valence-electron chi connectivity index (χ1n) is 26.5. The van der Waals surface area contributed by atoms with E-state index < -0.39 is 0 Å². The lowest BCUT2D eigenvalue weighted by atomic mass is 10.0. The second-order valence-corrected chi connectivity index (χ2v) is 22.6.